The summed E-state index contributed by atoms with van der Waals surface area (Å²) >= 11 is 0. The first-order valence-corrected chi connectivity index (χ1v) is 7.39. The highest BCUT2D eigenvalue weighted by molar-refractivity contribution is 6.04. The molecule has 0 saturated heterocycles. The summed E-state index contributed by atoms with van der Waals surface area (Å²) in [5.41, 5.74) is 1.88. The van der Waals surface area contributed by atoms with Crippen LogP contribution in [0, 0.1) is 0 Å². The van der Waals surface area contributed by atoms with Gasteiger partial charge in [0.15, 0.2) is 11.5 Å². The first-order chi connectivity index (χ1) is 11.6. The topological polar surface area (TPSA) is 88.9 Å². The standard InChI is InChI=1S/C18H13NO5/c20-11-3-1-10(2-4-11)14-7-13(18(21)22)12-8-16-17(9-15(12)19-14)24-6-5-23-16/h1-4,7-9,20H,5-6H2,(H,21,22). The van der Waals surface area contributed by atoms with Gasteiger partial charge >= 0.3 is 5.97 Å². The first kappa shape index (κ1) is 14.3. The summed E-state index contributed by atoms with van der Waals surface area (Å²) in [6, 6.07) is 11.3. The van der Waals surface area contributed by atoms with Crippen LogP contribution in [0.1, 0.15) is 10.4 Å². The van der Waals surface area contributed by atoms with Gasteiger partial charge in [0.1, 0.15) is 19.0 Å². The van der Waals surface area contributed by atoms with Crippen molar-refractivity contribution >= 4 is 16.9 Å². The Bertz CT molecular complexity index is 950. The van der Waals surface area contributed by atoms with E-state index < -0.39 is 5.97 Å². The van der Waals surface area contributed by atoms with E-state index in [1.807, 2.05) is 0 Å². The molecule has 24 heavy (non-hydrogen) atoms. The molecule has 6 heteroatoms. The second-order valence-electron chi connectivity index (χ2n) is 5.42. The van der Waals surface area contributed by atoms with Gasteiger partial charge in [-0.05, 0) is 36.4 Å². The van der Waals surface area contributed by atoms with Crippen molar-refractivity contribution in [1.29, 1.82) is 0 Å². The van der Waals surface area contributed by atoms with E-state index in [-0.39, 0.29) is 11.3 Å². The molecule has 120 valence electrons. The molecule has 0 fully saturated rings. The first-order valence-electron chi connectivity index (χ1n) is 7.39. The Labute approximate surface area is 136 Å². The molecule has 1 aromatic heterocycles. The van der Waals surface area contributed by atoms with Crippen LogP contribution in [0.15, 0.2) is 42.5 Å². The third-order valence-electron chi connectivity index (χ3n) is 3.87. The van der Waals surface area contributed by atoms with Gasteiger partial charge in [0.25, 0.3) is 0 Å². The number of carboxylic acids is 1. The van der Waals surface area contributed by atoms with Crippen LogP contribution in [0.2, 0.25) is 0 Å². The summed E-state index contributed by atoms with van der Waals surface area (Å²) in [6.45, 7) is 0.877. The fourth-order valence-electron chi connectivity index (χ4n) is 2.72. The lowest BCUT2D eigenvalue weighted by Crippen LogP contribution is -2.15. The normalized spacial score (nSPS) is 13.0. The number of aromatic hydroxyl groups is 1. The van der Waals surface area contributed by atoms with Crippen LogP contribution >= 0.6 is 0 Å². The zero-order valence-corrected chi connectivity index (χ0v) is 12.5. The molecule has 0 aliphatic carbocycles. The highest BCUT2D eigenvalue weighted by Gasteiger charge is 2.19. The van der Waals surface area contributed by atoms with Crippen molar-refractivity contribution in [3.63, 3.8) is 0 Å². The molecule has 0 spiro atoms. The molecular weight excluding hydrogens is 310 g/mol. The largest absolute Gasteiger partial charge is 0.508 e. The molecule has 1 aliphatic rings. The van der Waals surface area contributed by atoms with E-state index in [2.05, 4.69) is 4.98 Å². The van der Waals surface area contributed by atoms with E-state index >= 15 is 0 Å². The molecule has 2 N–H and O–H groups in total. The number of carbonyl (C=O) groups is 1. The number of pyridine rings is 1. The Kier molecular flexibility index (Phi) is 3.23. The van der Waals surface area contributed by atoms with Crippen LogP contribution in [0.4, 0.5) is 0 Å². The predicted molar refractivity (Wildman–Crippen MR) is 86.8 cm³/mol. The van der Waals surface area contributed by atoms with Gasteiger partial charge in [-0.25, -0.2) is 9.78 Å². The maximum atomic E-state index is 11.7. The summed E-state index contributed by atoms with van der Waals surface area (Å²) in [4.78, 5) is 16.2. The Morgan fingerprint density at radius 1 is 1.00 bits per heavy atom. The third kappa shape index (κ3) is 2.38. The molecule has 1 aliphatic heterocycles. The number of hydrogen-bond acceptors (Lipinski definition) is 5. The molecule has 3 aromatic rings. The quantitative estimate of drug-likeness (QED) is 0.753. The van der Waals surface area contributed by atoms with Crippen LogP contribution in [0.5, 0.6) is 17.2 Å². The van der Waals surface area contributed by atoms with Crippen LogP contribution in [0.25, 0.3) is 22.2 Å². The number of benzene rings is 2. The average molecular weight is 323 g/mol. The lowest BCUT2D eigenvalue weighted by atomic mass is 10.0. The SMILES string of the molecule is O=C(O)c1cc(-c2ccc(O)cc2)nc2cc3c(cc12)OCCO3. The molecule has 0 atom stereocenters. The maximum Gasteiger partial charge on any atom is 0.336 e. The number of rotatable bonds is 2. The zero-order valence-electron chi connectivity index (χ0n) is 12.5. The van der Waals surface area contributed by atoms with E-state index in [0.717, 1.165) is 0 Å². The van der Waals surface area contributed by atoms with Crippen LogP contribution in [-0.4, -0.2) is 34.4 Å². The minimum absolute atomic E-state index is 0.137. The highest BCUT2D eigenvalue weighted by atomic mass is 16.6. The monoisotopic (exact) mass is 323 g/mol. The van der Waals surface area contributed by atoms with E-state index in [1.165, 1.54) is 18.2 Å². The molecule has 0 unspecified atom stereocenters. The van der Waals surface area contributed by atoms with Gasteiger partial charge in [0.2, 0.25) is 0 Å². The van der Waals surface area contributed by atoms with Crippen molar-refractivity contribution in [2.45, 2.75) is 0 Å². The van der Waals surface area contributed by atoms with E-state index in [4.69, 9.17) is 9.47 Å². The van der Waals surface area contributed by atoms with Crippen molar-refractivity contribution in [3.8, 4) is 28.5 Å². The fourth-order valence-corrected chi connectivity index (χ4v) is 2.72. The molecule has 2 aromatic carbocycles. The molecule has 0 amide bonds. The Morgan fingerprint density at radius 3 is 2.33 bits per heavy atom. The summed E-state index contributed by atoms with van der Waals surface area (Å²) in [6.07, 6.45) is 0. The van der Waals surface area contributed by atoms with Crippen LogP contribution < -0.4 is 9.47 Å². The molecule has 4 rings (SSSR count). The Morgan fingerprint density at radius 2 is 1.67 bits per heavy atom. The van der Waals surface area contributed by atoms with Crippen LogP contribution in [-0.2, 0) is 0 Å². The highest BCUT2D eigenvalue weighted by Crippen LogP contribution is 2.36. The number of hydrogen-bond donors (Lipinski definition) is 2. The molecule has 0 bridgehead atoms. The summed E-state index contributed by atoms with van der Waals surface area (Å²) < 4.78 is 11.1. The molecule has 2 heterocycles. The number of fused-ring (bicyclic) bond motifs is 2. The third-order valence-corrected chi connectivity index (χ3v) is 3.87. The number of phenols is 1. The minimum atomic E-state index is -1.04. The molecular formula is C18H13NO5. The number of aromatic carboxylic acids is 1. The second kappa shape index (κ2) is 5.42. The van der Waals surface area contributed by atoms with Crippen molar-refractivity contribution in [3.05, 3.63) is 48.0 Å². The lowest BCUT2D eigenvalue weighted by molar-refractivity contribution is 0.0699. The minimum Gasteiger partial charge on any atom is -0.508 e. The average Bonchev–Trinajstić information content (AvgIpc) is 2.59. The van der Waals surface area contributed by atoms with Gasteiger partial charge in [0, 0.05) is 17.0 Å². The van der Waals surface area contributed by atoms with Gasteiger partial charge in [-0.2, -0.15) is 0 Å². The van der Waals surface area contributed by atoms with E-state index in [0.29, 0.717) is 46.9 Å². The Balaban J connectivity index is 1.96. The lowest BCUT2D eigenvalue weighted by Gasteiger charge is -2.19. The Hall–Kier alpha value is -3.28. The zero-order chi connectivity index (χ0) is 16.7. The summed E-state index contributed by atoms with van der Waals surface area (Å²) in [7, 11) is 0. The van der Waals surface area contributed by atoms with Crippen molar-refractivity contribution in [2.75, 3.05) is 13.2 Å². The van der Waals surface area contributed by atoms with Gasteiger partial charge in [-0.3, -0.25) is 0 Å². The van der Waals surface area contributed by atoms with Gasteiger partial charge in [-0.1, -0.05) is 0 Å². The van der Waals surface area contributed by atoms with Crippen molar-refractivity contribution in [1.82, 2.24) is 4.98 Å². The number of aromatic nitrogens is 1. The van der Waals surface area contributed by atoms with Gasteiger partial charge in [-0.15, -0.1) is 0 Å². The van der Waals surface area contributed by atoms with E-state index in [9.17, 15) is 15.0 Å². The summed E-state index contributed by atoms with van der Waals surface area (Å²) in [5.74, 6) is 0.174. The number of carboxylic acid groups (broad SMARTS) is 1. The fraction of sp³-hybridized carbons (Fsp3) is 0.111. The number of ether oxygens (including phenoxy) is 2. The van der Waals surface area contributed by atoms with Gasteiger partial charge in [0.05, 0.1) is 16.8 Å². The predicted octanol–water partition coefficient (Wildman–Crippen LogP) is 3.08. The van der Waals surface area contributed by atoms with Crippen molar-refractivity contribution in [2.24, 2.45) is 0 Å². The molecule has 6 nitrogen and oxygen atoms in total. The van der Waals surface area contributed by atoms with Crippen molar-refractivity contribution < 1.29 is 24.5 Å². The molecule has 0 radical (unpaired) electrons. The second-order valence-corrected chi connectivity index (χ2v) is 5.42. The van der Waals surface area contributed by atoms with Crippen LogP contribution in [0.3, 0.4) is 0 Å². The number of nitrogens with zero attached hydrogens (tertiary/aromatic N) is 1. The summed E-state index contributed by atoms with van der Waals surface area (Å²) in [5, 5.41) is 19.5. The van der Waals surface area contributed by atoms with Gasteiger partial charge < -0.3 is 19.7 Å². The van der Waals surface area contributed by atoms with E-state index in [1.54, 1.807) is 24.3 Å². The smallest absolute Gasteiger partial charge is 0.336 e. The number of phenolic OH excluding ortho intramolecular Hbond substituents is 1. The maximum absolute atomic E-state index is 11.7. The molecule has 0 saturated carbocycles.